The Morgan fingerprint density at radius 1 is 1.19 bits per heavy atom. The van der Waals surface area contributed by atoms with E-state index in [1.54, 1.807) is 12.1 Å². The van der Waals surface area contributed by atoms with Crippen LogP contribution < -0.4 is 5.32 Å². The van der Waals surface area contributed by atoms with Crippen LogP contribution in [0.2, 0.25) is 0 Å². The van der Waals surface area contributed by atoms with E-state index >= 15 is 0 Å². The van der Waals surface area contributed by atoms with Crippen molar-refractivity contribution in [3.8, 4) is 0 Å². The molecule has 0 aromatic heterocycles. The fraction of sp³-hybridized carbons (Fsp3) is 0.588. The molecular formula is C17H23FN2O. The van der Waals surface area contributed by atoms with Gasteiger partial charge in [0.2, 0.25) is 5.91 Å². The predicted octanol–water partition coefficient (Wildman–Crippen LogP) is 3.08. The number of carbonyl (C=O) groups excluding carboxylic acids is 1. The van der Waals surface area contributed by atoms with Gasteiger partial charge in [-0.2, -0.15) is 0 Å². The molecule has 4 heteroatoms. The van der Waals surface area contributed by atoms with E-state index in [0.717, 1.165) is 17.9 Å². The molecule has 1 aliphatic carbocycles. The van der Waals surface area contributed by atoms with Gasteiger partial charge in [-0.3, -0.25) is 10.1 Å². The maximum Gasteiger partial charge on any atom is 0.238 e. The zero-order valence-corrected chi connectivity index (χ0v) is 12.7. The zero-order chi connectivity index (χ0) is 15.0. The molecule has 4 unspecified atom stereocenters. The van der Waals surface area contributed by atoms with Gasteiger partial charge in [-0.15, -0.1) is 0 Å². The molecule has 2 fully saturated rings. The Bertz CT molecular complexity index is 516. The Labute approximate surface area is 125 Å². The first kappa shape index (κ1) is 14.5. The van der Waals surface area contributed by atoms with Gasteiger partial charge in [0, 0.05) is 6.04 Å². The van der Waals surface area contributed by atoms with Crippen LogP contribution in [0.15, 0.2) is 24.3 Å². The zero-order valence-electron chi connectivity index (χ0n) is 12.7. The second-order valence-corrected chi connectivity index (χ2v) is 6.60. The van der Waals surface area contributed by atoms with Gasteiger partial charge < -0.3 is 4.90 Å². The molecule has 1 saturated carbocycles. The van der Waals surface area contributed by atoms with Crippen LogP contribution in [0.3, 0.4) is 0 Å². The lowest BCUT2D eigenvalue weighted by molar-refractivity contribution is -0.132. The highest BCUT2D eigenvalue weighted by Gasteiger charge is 2.40. The molecule has 0 spiro atoms. The summed E-state index contributed by atoms with van der Waals surface area (Å²) in [5.41, 5.74) is 0.966. The van der Waals surface area contributed by atoms with E-state index in [4.69, 9.17) is 0 Å². The highest BCUT2D eigenvalue weighted by atomic mass is 19.1. The predicted molar refractivity (Wildman–Crippen MR) is 80.0 cm³/mol. The number of nitrogens with one attached hydrogen (secondary N) is 1. The maximum absolute atomic E-state index is 13.1. The van der Waals surface area contributed by atoms with Crippen molar-refractivity contribution >= 4 is 5.91 Å². The number of rotatable bonds is 2. The van der Waals surface area contributed by atoms with Crippen LogP contribution in [0.5, 0.6) is 0 Å². The molecule has 3 nitrogen and oxygen atoms in total. The Kier molecular flexibility index (Phi) is 3.98. The van der Waals surface area contributed by atoms with Crippen molar-refractivity contribution in [2.75, 3.05) is 6.54 Å². The minimum Gasteiger partial charge on any atom is -0.319 e. The SMILES string of the molecule is CC1CCC(N2C(=O)CNC2c2ccc(F)cc2)C(C)C1. The third kappa shape index (κ3) is 2.82. The Morgan fingerprint density at radius 2 is 1.90 bits per heavy atom. The highest BCUT2D eigenvalue weighted by Crippen LogP contribution is 2.36. The molecule has 0 bridgehead atoms. The second kappa shape index (κ2) is 5.76. The van der Waals surface area contributed by atoms with Crippen LogP contribution in [0.1, 0.15) is 44.8 Å². The van der Waals surface area contributed by atoms with E-state index in [2.05, 4.69) is 19.2 Å². The third-order valence-corrected chi connectivity index (χ3v) is 4.94. The molecule has 4 atom stereocenters. The van der Waals surface area contributed by atoms with Gasteiger partial charge in [0.1, 0.15) is 12.0 Å². The van der Waals surface area contributed by atoms with Gasteiger partial charge in [0.15, 0.2) is 0 Å². The third-order valence-electron chi connectivity index (χ3n) is 4.94. The first-order valence-corrected chi connectivity index (χ1v) is 7.86. The average Bonchev–Trinajstić information content (AvgIpc) is 2.82. The van der Waals surface area contributed by atoms with E-state index in [1.165, 1.54) is 25.0 Å². The number of hydrogen-bond acceptors (Lipinski definition) is 2. The van der Waals surface area contributed by atoms with Crippen LogP contribution >= 0.6 is 0 Å². The summed E-state index contributed by atoms with van der Waals surface area (Å²) in [6.07, 6.45) is 3.30. The first-order chi connectivity index (χ1) is 10.1. The largest absolute Gasteiger partial charge is 0.319 e. The van der Waals surface area contributed by atoms with Crippen molar-refractivity contribution in [2.24, 2.45) is 11.8 Å². The van der Waals surface area contributed by atoms with E-state index < -0.39 is 0 Å². The second-order valence-electron chi connectivity index (χ2n) is 6.60. The topological polar surface area (TPSA) is 32.3 Å². The van der Waals surface area contributed by atoms with Crippen molar-refractivity contribution in [1.82, 2.24) is 10.2 Å². The van der Waals surface area contributed by atoms with E-state index in [1.807, 2.05) is 4.90 Å². The van der Waals surface area contributed by atoms with E-state index in [9.17, 15) is 9.18 Å². The first-order valence-electron chi connectivity index (χ1n) is 7.86. The molecule has 114 valence electrons. The van der Waals surface area contributed by atoms with Crippen molar-refractivity contribution in [3.05, 3.63) is 35.6 Å². The molecule has 1 amide bonds. The molecule has 1 aliphatic heterocycles. The number of hydrogen-bond donors (Lipinski definition) is 1. The summed E-state index contributed by atoms with van der Waals surface area (Å²) in [5, 5.41) is 3.28. The van der Waals surface area contributed by atoms with Crippen LogP contribution in [-0.4, -0.2) is 23.4 Å². The molecule has 1 aromatic rings. The maximum atomic E-state index is 13.1. The summed E-state index contributed by atoms with van der Waals surface area (Å²) in [6.45, 7) is 4.91. The Hall–Kier alpha value is -1.42. The van der Waals surface area contributed by atoms with Crippen molar-refractivity contribution in [2.45, 2.75) is 45.3 Å². The van der Waals surface area contributed by atoms with Gasteiger partial charge >= 0.3 is 0 Å². The van der Waals surface area contributed by atoms with E-state index in [0.29, 0.717) is 18.5 Å². The van der Waals surface area contributed by atoms with Crippen molar-refractivity contribution < 1.29 is 9.18 Å². The molecule has 21 heavy (non-hydrogen) atoms. The highest BCUT2D eigenvalue weighted by molar-refractivity contribution is 5.81. The monoisotopic (exact) mass is 290 g/mol. The average molecular weight is 290 g/mol. The lowest BCUT2D eigenvalue weighted by Crippen LogP contribution is -2.45. The van der Waals surface area contributed by atoms with Gasteiger partial charge in [-0.1, -0.05) is 26.0 Å². The molecule has 1 aromatic carbocycles. The number of carbonyl (C=O) groups is 1. The van der Waals surface area contributed by atoms with Crippen molar-refractivity contribution in [3.63, 3.8) is 0 Å². The van der Waals surface area contributed by atoms with Gasteiger partial charge in [-0.05, 0) is 48.8 Å². The molecule has 0 radical (unpaired) electrons. The lowest BCUT2D eigenvalue weighted by atomic mass is 9.79. The quantitative estimate of drug-likeness (QED) is 0.908. The fourth-order valence-electron chi connectivity index (χ4n) is 3.88. The van der Waals surface area contributed by atoms with Crippen molar-refractivity contribution in [1.29, 1.82) is 0 Å². The molecule has 2 aliphatic rings. The molecule has 3 rings (SSSR count). The summed E-state index contributed by atoms with van der Waals surface area (Å²) in [6, 6.07) is 6.76. The molecule has 1 heterocycles. The number of nitrogens with zero attached hydrogens (tertiary/aromatic N) is 1. The minimum atomic E-state index is -0.241. The minimum absolute atomic E-state index is 0.112. The Morgan fingerprint density at radius 3 is 2.57 bits per heavy atom. The molecule has 1 saturated heterocycles. The van der Waals surface area contributed by atoms with Crippen LogP contribution in [0, 0.1) is 17.7 Å². The van der Waals surface area contributed by atoms with Crippen LogP contribution in [0.4, 0.5) is 4.39 Å². The summed E-state index contributed by atoms with van der Waals surface area (Å²) < 4.78 is 13.1. The number of benzene rings is 1. The van der Waals surface area contributed by atoms with Gasteiger partial charge in [0.25, 0.3) is 0 Å². The fourth-order valence-corrected chi connectivity index (χ4v) is 3.88. The molecular weight excluding hydrogens is 267 g/mol. The van der Waals surface area contributed by atoms with Crippen LogP contribution in [0.25, 0.3) is 0 Å². The summed E-state index contributed by atoms with van der Waals surface area (Å²) >= 11 is 0. The van der Waals surface area contributed by atoms with Gasteiger partial charge in [-0.25, -0.2) is 4.39 Å². The number of halogens is 1. The summed E-state index contributed by atoms with van der Waals surface area (Å²) in [5.74, 6) is 1.18. The van der Waals surface area contributed by atoms with Gasteiger partial charge in [0.05, 0.1) is 6.54 Å². The molecule has 1 N–H and O–H groups in total. The summed E-state index contributed by atoms with van der Waals surface area (Å²) in [7, 11) is 0. The Balaban J connectivity index is 1.84. The standard InChI is InChI=1S/C17H23FN2O/c1-11-3-8-15(12(2)9-11)20-16(21)10-19-17(20)13-4-6-14(18)7-5-13/h4-7,11-12,15,17,19H,3,8-10H2,1-2H3. The van der Waals surface area contributed by atoms with E-state index in [-0.39, 0.29) is 17.9 Å². The normalized spacial score (nSPS) is 33.5. The lowest BCUT2D eigenvalue weighted by Gasteiger charge is -2.41. The van der Waals surface area contributed by atoms with Crippen LogP contribution in [-0.2, 0) is 4.79 Å². The number of amides is 1. The summed E-state index contributed by atoms with van der Waals surface area (Å²) in [4.78, 5) is 14.3. The smallest absolute Gasteiger partial charge is 0.238 e.